The Morgan fingerprint density at radius 2 is 0.781 bits per heavy atom. The van der Waals surface area contributed by atoms with E-state index in [1.54, 1.807) is 23.5 Å². The average Bonchev–Trinajstić information content (AvgIpc) is 2.66. The standard InChI is InChI=1S/C20H34N4O4S4/c1-19(2,3)29-7-11-15(25)23-13(17(27)21-11)9-31-32-10-14-18(28)22-12(16(26)24-14)8-30-20(4,5)6/h11-14H,7-10H2,1-6H3,(H,21,27)(H,22,28)(H,23,25)(H,24,26)/t11-,12+,13+,14-. The van der Waals surface area contributed by atoms with Gasteiger partial charge in [-0.15, -0.1) is 0 Å². The number of amides is 4. The fraction of sp³-hybridized carbons (Fsp3) is 0.800. The number of nitrogens with one attached hydrogen (secondary N) is 4. The van der Waals surface area contributed by atoms with Crippen molar-refractivity contribution < 1.29 is 19.2 Å². The van der Waals surface area contributed by atoms with Crippen LogP contribution in [-0.4, -0.2) is 80.3 Å². The maximum absolute atomic E-state index is 12.4. The van der Waals surface area contributed by atoms with Crippen molar-refractivity contribution in [2.24, 2.45) is 0 Å². The quantitative estimate of drug-likeness (QED) is 0.265. The van der Waals surface area contributed by atoms with E-state index in [4.69, 9.17) is 0 Å². The van der Waals surface area contributed by atoms with Crippen molar-refractivity contribution in [1.29, 1.82) is 0 Å². The van der Waals surface area contributed by atoms with Crippen molar-refractivity contribution in [3.8, 4) is 0 Å². The molecule has 2 fully saturated rings. The van der Waals surface area contributed by atoms with E-state index < -0.39 is 24.2 Å². The molecule has 182 valence electrons. The molecule has 2 aliphatic rings. The molecule has 0 aromatic rings. The maximum atomic E-state index is 12.4. The van der Waals surface area contributed by atoms with Crippen molar-refractivity contribution in [2.75, 3.05) is 23.0 Å². The van der Waals surface area contributed by atoms with Crippen LogP contribution < -0.4 is 21.3 Å². The topological polar surface area (TPSA) is 116 Å². The summed E-state index contributed by atoms with van der Waals surface area (Å²) >= 11 is 3.26. The Labute approximate surface area is 206 Å². The first-order valence-electron chi connectivity index (χ1n) is 10.5. The Hall–Kier alpha value is -0.720. The molecular weight excluding hydrogens is 489 g/mol. The average molecular weight is 523 g/mol. The van der Waals surface area contributed by atoms with Crippen molar-refractivity contribution >= 4 is 68.7 Å². The second kappa shape index (κ2) is 11.6. The van der Waals surface area contributed by atoms with Crippen LogP contribution in [0.25, 0.3) is 0 Å². The van der Waals surface area contributed by atoms with Crippen LogP contribution in [0.5, 0.6) is 0 Å². The number of carbonyl (C=O) groups is 4. The van der Waals surface area contributed by atoms with Crippen molar-refractivity contribution in [1.82, 2.24) is 21.3 Å². The highest BCUT2D eigenvalue weighted by atomic mass is 33.1. The zero-order valence-electron chi connectivity index (χ0n) is 19.4. The minimum absolute atomic E-state index is 0.0145. The summed E-state index contributed by atoms with van der Waals surface area (Å²) in [5.74, 6) is 1.09. The smallest absolute Gasteiger partial charge is 0.244 e. The fourth-order valence-electron chi connectivity index (χ4n) is 2.72. The van der Waals surface area contributed by atoms with Crippen LogP contribution in [0.2, 0.25) is 0 Å². The molecule has 4 amide bonds. The van der Waals surface area contributed by atoms with E-state index in [9.17, 15) is 19.2 Å². The van der Waals surface area contributed by atoms with Gasteiger partial charge in [0.15, 0.2) is 0 Å². The van der Waals surface area contributed by atoms with Crippen LogP contribution in [0.15, 0.2) is 0 Å². The van der Waals surface area contributed by atoms with E-state index in [1.807, 2.05) is 0 Å². The number of hydrogen-bond acceptors (Lipinski definition) is 8. The lowest BCUT2D eigenvalue weighted by atomic mass is 10.2. The van der Waals surface area contributed by atoms with Crippen LogP contribution in [0.1, 0.15) is 41.5 Å². The summed E-state index contributed by atoms with van der Waals surface area (Å²) in [4.78, 5) is 49.3. The van der Waals surface area contributed by atoms with E-state index in [0.29, 0.717) is 23.0 Å². The highest BCUT2D eigenvalue weighted by Crippen LogP contribution is 2.27. The third-order valence-corrected chi connectivity index (χ3v) is 9.60. The zero-order chi connectivity index (χ0) is 24.1. The summed E-state index contributed by atoms with van der Waals surface area (Å²) in [6.45, 7) is 12.4. The zero-order valence-corrected chi connectivity index (χ0v) is 22.7. The Kier molecular flexibility index (Phi) is 9.99. The normalized spacial score (nSPS) is 26.8. The summed E-state index contributed by atoms with van der Waals surface area (Å²) in [5.41, 5.74) is 0. The number of thioether (sulfide) groups is 2. The Morgan fingerprint density at radius 3 is 1.03 bits per heavy atom. The summed E-state index contributed by atoms with van der Waals surface area (Å²) < 4.78 is 0.0290. The van der Waals surface area contributed by atoms with Gasteiger partial charge in [-0.25, -0.2) is 0 Å². The third-order valence-electron chi connectivity index (χ3n) is 4.45. The van der Waals surface area contributed by atoms with Crippen molar-refractivity contribution in [3.63, 3.8) is 0 Å². The van der Waals surface area contributed by atoms with E-state index in [2.05, 4.69) is 62.8 Å². The first kappa shape index (κ1) is 27.5. The molecule has 0 aromatic carbocycles. The second-order valence-corrected chi connectivity index (χ2v) is 15.9. The maximum Gasteiger partial charge on any atom is 0.244 e. The second-order valence-electron chi connectivity index (χ2n) is 9.66. The Bertz CT molecular complexity index is 663. The van der Waals surface area contributed by atoms with E-state index in [0.717, 1.165) is 0 Å². The molecule has 0 bridgehead atoms. The molecular formula is C20H34N4O4S4. The predicted octanol–water partition coefficient (Wildman–Crippen LogP) is 1.40. The lowest BCUT2D eigenvalue weighted by molar-refractivity contribution is -0.135. The van der Waals surface area contributed by atoms with Crippen LogP contribution >= 0.6 is 45.1 Å². The molecule has 2 heterocycles. The SMILES string of the molecule is CC(C)(C)SC[C@@H]1NC(=O)[C@@H](CSSC[C@@H]2NC(=O)[C@@H](CSC(C)(C)C)NC2=O)NC1=O. The van der Waals surface area contributed by atoms with Gasteiger partial charge in [0.1, 0.15) is 24.2 Å². The number of hydrogen-bond donors (Lipinski definition) is 4. The van der Waals surface area contributed by atoms with Crippen molar-refractivity contribution in [3.05, 3.63) is 0 Å². The number of piperazine rings is 2. The van der Waals surface area contributed by atoms with E-state index in [1.165, 1.54) is 21.6 Å². The molecule has 4 atom stereocenters. The minimum Gasteiger partial charge on any atom is -0.342 e. The predicted molar refractivity (Wildman–Crippen MR) is 137 cm³/mol. The molecule has 0 unspecified atom stereocenters. The van der Waals surface area contributed by atoms with E-state index in [-0.39, 0.29) is 33.1 Å². The van der Waals surface area contributed by atoms with Gasteiger partial charge in [0.2, 0.25) is 23.6 Å². The first-order valence-corrected chi connectivity index (χ1v) is 14.9. The molecule has 0 saturated carbocycles. The van der Waals surface area contributed by atoms with Gasteiger partial charge in [-0.05, 0) is 0 Å². The van der Waals surface area contributed by atoms with E-state index >= 15 is 0 Å². The largest absolute Gasteiger partial charge is 0.342 e. The van der Waals surface area contributed by atoms with Gasteiger partial charge >= 0.3 is 0 Å². The molecule has 2 aliphatic heterocycles. The van der Waals surface area contributed by atoms with Gasteiger partial charge in [-0.2, -0.15) is 23.5 Å². The van der Waals surface area contributed by atoms with Gasteiger partial charge in [0.05, 0.1) is 0 Å². The highest BCUT2D eigenvalue weighted by molar-refractivity contribution is 8.76. The van der Waals surface area contributed by atoms with Gasteiger partial charge in [0, 0.05) is 32.5 Å². The number of carbonyl (C=O) groups excluding carboxylic acids is 4. The molecule has 0 radical (unpaired) electrons. The lowest BCUT2D eigenvalue weighted by Gasteiger charge is -2.31. The molecule has 2 saturated heterocycles. The van der Waals surface area contributed by atoms with Crippen LogP contribution in [0.3, 0.4) is 0 Å². The van der Waals surface area contributed by atoms with Crippen LogP contribution in [0, 0.1) is 0 Å². The molecule has 4 N–H and O–H groups in total. The summed E-state index contributed by atoms with van der Waals surface area (Å²) in [7, 11) is 2.79. The monoisotopic (exact) mass is 522 g/mol. The first-order chi connectivity index (χ1) is 14.7. The molecule has 0 aliphatic carbocycles. The number of rotatable bonds is 9. The third kappa shape index (κ3) is 9.26. The van der Waals surface area contributed by atoms with Crippen molar-refractivity contribution in [2.45, 2.75) is 75.2 Å². The molecule has 0 aromatic heterocycles. The Morgan fingerprint density at radius 1 is 0.531 bits per heavy atom. The molecule has 8 nitrogen and oxygen atoms in total. The minimum atomic E-state index is -0.607. The highest BCUT2D eigenvalue weighted by Gasteiger charge is 2.36. The van der Waals surface area contributed by atoms with Crippen LogP contribution in [-0.2, 0) is 19.2 Å². The summed E-state index contributed by atoms with van der Waals surface area (Å²) in [6, 6.07) is -2.26. The summed E-state index contributed by atoms with van der Waals surface area (Å²) in [5, 5.41) is 11.2. The van der Waals surface area contributed by atoms with Gasteiger partial charge in [0.25, 0.3) is 0 Å². The molecule has 32 heavy (non-hydrogen) atoms. The summed E-state index contributed by atoms with van der Waals surface area (Å²) in [6.07, 6.45) is 0. The van der Waals surface area contributed by atoms with Gasteiger partial charge in [-0.1, -0.05) is 63.1 Å². The fourth-order valence-corrected chi connectivity index (χ4v) is 6.85. The lowest BCUT2D eigenvalue weighted by Crippen LogP contribution is -2.63. The van der Waals surface area contributed by atoms with Crippen LogP contribution in [0.4, 0.5) is 0 Å². The van der Waals surface area contributed by atoms with Gasteiger partial charge < -0.3 is 21.3 Å². The Balaban J connectivity index is 1.70. The molecule has 0 spiro atoms. The molecule has 2 rings (SSSR count). The van der Waals surface area contributed by atoms with Gasteiger partial charge in [-0.3, -0.25) is 19.2 Å². The molecule has 12 heteroatoms.